The summed E-state index contributed by atoms with van der Waals surface area (Å²) >= 11 is 0. The number of amidine groups is 2. The van der Waals surface area contributed by atoms with Crippen molar-refractivity contribution in [2.75, 3.05) is 0 Å². The van der Waals surface area contributed by atoms with Crippen molar-refractivity contribution in [2.45, 2.75) is 19.1 Å². The molecule has 0 saturated carbocycles. The van der Waals surface area contributed by atoms with Gasteiger partial charge < -0.3 is 14.3 Å². The fourth-order valence-electron chi connectivity index (χ4n) is 7.45. The lowest BCUT2D eigenvalue weighted by Gasteiger charge is -2.24. The molecule has 1 atom stereocenters. The van der Waals surface area contributed by atoms with Crippen molar-refractivity contribution in [3.05, 3.63) is 174 Å². The first kappa shape index (κ1) is 27.0. The molecule has 0 saturated heterocycles. The van der Waals surface area contributed by atoms with E-state index in [2.05, 4.69) is 142 Å². The summed E-state index contributed by atoms with van der Waals surface area (Å²) in [7, 11) is 0. The Balaban J connectivity index is 1.27. The van der Waals surface area contributed by atoms with Crippen molar-refractivity contribution in [2.24, 2.45) is 9.98 Å². The summed E-state index contributed by atoms with van der Waals surface area (Å²) in [5, 5.41) is 9.64. The summed E-state index contributed by atoms with van der Waals surface area (Å²) in [6, 6.07) is 52.4. The summed E-state index contributed by atoms with van der Waals surface area (Å²) in [5.74, 6) is 1.54. The maximum absolute atomic E-state index is 5.13. The minimum Gasteiger partial charge on any atom is -0.344 e. The highest BCUT2D eigenvalue weighted by Crippen LogP contribution is 2.32. The number of fused-ring (bicyclic) bond motifs is 9. The zero-order chi connectivity index (χ0) is 31.6. The maximum atomic E-state index is 5.13. The van der Waals surface area contributed by atoms with Crippen molar-refractivity contribution in [1.82, 2.24) is 14.3 Å². The first-order valence-electron chi connectivity index (χ1n) is 16.6. The molecular weight excluding hydrogens is 587 g/mol. The normalized spacial score (nSPS) is 15.5. The Morgan fingerprint density at radius 3 is 2.25 bits per heavy atom. The van der Waals surface area contributed by atoms with Crippen molar-refractivity contribution in [1.29, 1.82) is 0 Å². The Kier molecular flexibility index (Phi) is 6.00. The Morgan fingerprint density at radius 1 is 0.583 bits per heavy atom. The number of aromatic nitrogens is 2. The maximum Gasteiger partial charge on any atom is 0.159 e. The number of aliphatic imine (C=N–C) groups is 2. The molecule has 5 heteroatoms. The zero-order valence-corrected chi connectivity index (χ0v) is 26.2. The molecule has 6 bridgehead atoms. The molecule has 2 aliphatic heterocycles. The predicted molar refractivity (Wildman–Crippen MR) is 199 cm³/mol. The number of nitrogens with zero attached hydrogens (tertiary/aromatic N) is 4. The molecule has 48 heavy (non-hydrogen) atoms. The molecule has 2 aliphatic rings. The van der Waals surface area contributed by atoms with Crippen LogP contribution in [0.15, 0.2) is 162 Å². The van der Waals surface area contributed by atoms with Crippen molar-refractivity contribution in [3.8, 4) is 0 Å². The first-order valence-corrected chi connectivity index (χ1v) is 16.6. The largest absolute Gasteiger partial charge is 0.344 e. The van der Waals surface area contributed by atoms with E-state index in [0.717, 1.165) is 41.3 Å². The van der Waals surface area contributed by atoms with Gasteiger partial charge in [0, 0.05) is 40.4 Å². The molecule has 8 aromatic rings. The number of hydrogen-bond donors (Lipinski definition) is 1. The van der Waals surface area contributed by atoms with E-state index < -0.39 is 0 Å². The third-order valence-corrected chi connectivity index (χ3v) is 9.90. The average Bonchev–Trinajstić information content (AvgIpc) is 3.79. The van der Waals surface area contributed by atoms with Gasteiger partial charge in [0.05, 0.1) is 5.52 Å². The summed E-state index contributed by atoms with van der Waals surface area (Å²) in [4.78, 5) is 10.2. The minimum absolute atomic E-state index is 0.252. The Bertz CT molecular complexity index is 2700. The van der Waals surface area contributed by atoms with Crippen LogP contribution in [0, 0.1) is 0 Å². The lowest BCUT2D eigenvalue weighted by Crippen LogP contribution is -2.33. The van der Waals surface area contributed by atoms with Crippen LogP contribution in [0.1, 0.15) is 28.4 Å². The van der Waals surface area contributed by atoms with E-state index in [9.17, 15) is 0 Å². The molecule has 4 heterocycles. The van der Waals surface area contributed by atoms with Gasteiger partial charge in [-0.15, -0.1) is 0 Å². The topological polar surface area (TPSA) is 46.1 Å². The van der Waals surface area contributed by atoms with Crippen molar-refractivity contribution < 1.29 is 0 Å². The highest BCUT2D eigenvalue weighted by Gasteiger charge is 2.21. The Hall–Kier alpha value is -6.20. The van der Waals surface area contributed by atoms with E-state index in [4.69, 9.17) is 9.98 Å². The van der Waals surface area contributed by atoms with Crippen LogP contribution in [0.3, 0.4) is 0 Å². The average molecular weight is 618 g/mol. The van der Waals surface area contributed by atoms with Crippen molar-refractivity contribution in [3.63, 3.8) is 0 Å². The molecule has 10 rings (SSSR count). The van der Waals surface area contributed by atoms with Gasteiger partial charge in [-0.1, -0.05) is 103 Å². The van der Waals surface area contributed by atoms with E-state index in [1.54, 1.807) is 0 Å². The number of benzene rings is 6. The first-order chi connectivity index (χ1) is 23.7. The summed E-state index contributed by atoms with van der Waals surface area (Å²) in [6.45, 7) is 0.965. The van der Waals surface area contributed by atoms with Gasteiger partial charge in [0.2, 0.25) is 0 Å². The van der Waals surface area contributed by atoms with Gasteiger partial charge in [-0.05, 0) is 86.9 Å². The van der Waals surface area contributed by atoms with Crippen LogP contribution in [0.25, 0.3) is 49.0 Å². The third kappa shape index (κ3) is 4.39. The fourth-order valence-corrected chi connectivity index (χ4v) is 7.45. The molecule has 6 aromatic carbocycles. The summed E-state index contributed by atoms with van der Waals surface area (Å²) in [5.41, 5.74) is 9.36. The number of nitrogens with one attached hydrogen (secondary N) is 1. The Morgan fingerprint density at radius 2 is 1.35 bits per heavy atom. The van der Waals surface area contributed by atoms with E-state index in [1.165, 1.54) is 54.6 Å². The second-order valence-electron chi connectivity index (χ2n) is 12.7. The molecule has 1 unspecified atom stereocenters. The standard InChI is InChI=1S/C43H31N5/c1-3-8-30(9-4-1)41-44-42(31-10-5-2-6-11-31)46-43(45-41)34-18-19-37-32-16-14-28-20-22-47(39(28)25-32)35-12-7-13-36(27-35)48-23-21-29-15-17-33(26-40(29)48)38(37)24-34/h1-20,22,24-27,41H,21,23H2,(H,44,45,46). The monoisotopic (exact) mass is 617 g/mol. The van der Waals surface area contributed by atoms with Crippen LogP contribution >= 0.6 is 0 Å². The molecule has 5 nitrogen and oxygen atoms in total. The number of aryl methyl sites for hydroxylation is 2. The smallest absolute Gasteiger partial charge is 0.159 e. The summed E-state index contributed by atoms with van der Waals surface area (Å²) < 4.78 is 4.79. The van der Waals surface area contributed by atoms with Crippen LogP contribution in [0.2, 0.25) is 0 Å². The molecule has 228 valence electrons. The fraction of sp³-hybridized carbons (Fsp3) is 0.0698. The van der Waals surface area contributed by atoms with E-state index in [-0.39, 0.29) is 6.17 Å². The van der Waals surface area contributed by atoms with Gasteiger partial charge in [0.15, 0.2) is 5.84 Å². The molecule has 1 N–H and O–H groups in total. The highest BCUT2D eigenvalue weighted by molar-refractivity contribution is 6.16. The van der Waals surface area contributed by atoms with E-state index in [0.29, 0.717) is 0 Å². The predicted octanol–water partition coefficient (Wildman–Crippen LogP) is 9.53. The molecule has 0 radical (unpaired) electrons. The third-order valence-electron chi connectivity index (χ3n) is 9.90. The van der Waals surface area contributed by atoms with E-state index in [1.807, 2.05) is 24.3 Å². The summed E-state index contributed by atoms with van der Waals surface area (Å²) in [6.07, 6.45) is 2.97. The molecular formula is C43H31N5. The van der Waals surface area contributed by atoms with Crippen LogP contribution in [-0.2, 0) is 13.0 Å². The highest BCUT2D eigenvalue weighted by atomic mass is 15.2. The van der Waals surface area contributed by atoms with Crippen LogP contribution < -0.4 is 5.32 Å². The molecule has 0 spiro atoms. The van der Waals surface area contributed by atoms with E-state index >= 15 is 0 Å². The lowest BCUT2D eigenvalue weighted by molar-refractivity contribution is 0.674. The van der Waals surface area contributed by atoms with Crippen molar-refractivity contribution >= 4 is 60.7 Å². The van der Waals surface area contributed by atoms with Gasteiger partial charge in [-0.2, -0.15) is 0 Å². The van der Waals surface area contributed by atoms with Crippen LogP contribution in [-0.4, -0.2) is 20.6 Å². The van der Waals surface area contributed by atoms with Gasteiger partial charge in [-0.25, -0.2) is 9.98 Å². The van der Waals surface area contributed by atoms with Crippen LogP contribution in [0.4, 0.5) is 0 Å². The van der Waals surface area contributed by atoms with Gasteiger partial charge >= 0.3 is 0 Å². The quantitative estimate of drug-likeness (QED) is 0.211. The lowest BCUT2D eigenvalue weighted by atomic mass is 10.00. The SMILES string of the molecule is c1ccc(C2=NC(c3ccccc3)NC(c3ccc4c5ccc6ccn(c7cccc(c7)n7c8cc(ccc8CC7)c4c3)c6c5)=N2)cc1. The molecule has 0 aliphatic carbocycles. The Labute approximate surface area is 277 Å². The zero-order valence-electron chi connectivity index (χ0n) is 26.2. The molecule has 0 amide bonds. The second-order valence-corrected chi connectivity index (χ2v) is 12.7. The number of rotatable bonds is 3. The minimum atomic E-state index is -0.252. The van der Waals surface area contributed by atoms with Crippen LogP contribution in [0.5, 0.6) is 0 Å². The van der Waals surface area contributed by atoms with Gasteiger partial charge in [-0.3, -0.25) is 0 Å². The molecule has 0 fully saturated rings. The number of hydrogen-bond acceptors (Lipinski definition) is 3. The molecule has 2 aromatic heterocycles. The van der Waals surface area contributed by atoms with Gasteiger partial charge in [0.25, 0.3) is 0 Å². The second kappa shape index (κ2) is 10.7. The van der Waals surface area contributed by atoms with Gasteiger partial charge in [0.1, 0.15) is 12.0 Å².